The molecule has 0 rings (SSSR count). The van der Waals surface area contributed by atoms with E-state index in [4.69, 9.17) is 5.73 Å². The van der Waals surface area contributed by atoms with Gasteiger partial charge in [-0.3, -0.25) is 4.99 Å². The van der Waals surface area contributed by atoms with Crippen LogP contribution in [0.15, 0.2) is 16.1 Å². The lowest BCUT2D eigenvalue weighted by Gasteiger charge is -1.96. The van der Waals surface area contributed by atoms with Gasteiger partial charge in [0, 0.05) is 12.3 Å². The Morgan fingerprint density at radius 1 is 1.73 bits per heavy atom. The summed E-state index contributed by atoms with van der Waals surface area (Å²) in [6, 6.07) is 0. The van der Waals surface area contributed by atoms with E-state index in [9.17, 15) is 0 Å². The number of hydrogen-bond donors (Lipinski definition) is 1. The zero-order valence-corrected chi connectivity index (χ0v) is 9.56. The highest BCUT2D eigenvalue weighted by Gasteiger charge is 1.92. The molecule has 0 aromatic rings. The summed E-state index contributed by atoms with van der Waals surface area (Å²) >= 11 is 4.72. The number of rotatable bonds is 3. The molecular weight excluding hydrogens is 248 g/mol. The zero-order chi connectivity index (χ0) is 7.98. The van der Waals surface area contributed by atoms with E-state index in [1.807, 2.05) is 6.92 Å². The molecule has 0 fully saturated rings. The first-order valence-electron chi connectivity index (χ1n) is 2.92. The van der Waals surface area contributed by atoms with Gasteiger partial charge in [-0.2, -0.15) is 0 Å². The Bertz CT molecular complexity index is 150. The van der Waals surface area contributed by atoms with Crippen molar-refractivity contribution >= 4 is 45.3 Å². The van der Waals surface area contributed by atoms with Gasteiger partial charge >= 0.3 is 0 Å². The third kappa shape index (κ3) is 10.3. The third-order valence-electron chi connectivity index (χ3n) is 0.691. The molecule has 0 amide bonds. The number of aliphatic imine (C=N–C) groups is 1. The van der Waals surface area contributed by atoms with Crippen LogP contribution in [-0.4, -0.2) is 17.5 Å². The van der Waals surface area contributed by atoms with Crippen LogP contribution in [0.2, 0.25) is 0 Å². The molecule has 0 atom stereocenters. The van der Waals surface area contributed by atoms with E-state index in [1.54, 1.807) is 0 Å². The van der Waals surface area contributed by atoms with Crippen LogP contribution in [0.25, 0.3) is 0 Å². The van der Waals surface area contributed by atoms with Crippen molar-refractivity contribution in [3.8, 4) is 0 Å². The third-order valence-corrected chi connectivity index (χ3v) is 2.26. The maximum Gasteiger partial charge on any atom is 0.154 e. The highest BCUT2D eigenvalue weighted by molar-refractivity contribution is 9.11. The summed E-state index contributed by atoms with van der Waals surface area (Å²) in [7, 11) is 0. The molecule has 0 saturated heterocycles. The minimum atomic E-state index is 0. The van der Waals surface area contributed by atoms with E-state index < -0.39 is 0 Å². The molecule has 0 saturated carbocycles. The number of halogens is 2. The lowest BCUT2D eigenvalue weighted by molar-refractivity contribution is 1.13. The van der Waals surface area contributed by atoms with Crippen molar-refractivity contribution in [1.82, 2.24) is 0 Å². The monoisotopic (exact) mass is 258 g/mol. The Morgan fingerprint density at radius 3 is 2.64 bits per heavy atom. The van der Waals surface area contributed by atoms with Crippen molar-refractivity contribution in [1.29, 1.82) is 0 Å². The molecule has 0 aromatic carbocycles. The Hall–Kier alpha value is 0.330. The van der Waals surface area contributed by atoms with Crippen molar-refractivity contribution in [2.45, 2.75) is 6.92 Å². The fourth-order valence-electron chi connectivity index (χ4n) is 0.354. The van der Waals surface area contributed by atoms with E-state index in [0.29, 0.717) is 5.17 Å². The summed E-state index contributed by atoms with van der Waals surface area (Å²) in [5.74, 6) is 0.787. The molecule has 0 unspecified atom stereocenters. The first-order valence-corrected chi connectivity index (χ1v) is 4.70. The minimum Gasteiger partial charge on any atom is -0.379 e. The van der Waals surface area contributed by atoms with Crippen LogP contribution in [-0.2, 0) is 0 Å². The van der Waals surface area contributed by atoms with Crippen molar-refractivity contribution in [3.63, 3.8) is 0 Å². The van der Waals surface area contributed by atoms with Gasteiger partial charge in [0.2, 0.25) is 0 Å². The Balaban J connectivity index is 0. The van der Waals surface area contributed by atoms with Gasteiger partial charge in [-0.05, 0) is 11.4 Å². The van der Waals surface area contributed by atoms with Gasteiger partial charge in [-0.25, -0.2) is 0 Å². The van der Waals surface area contributed by atoms with E-state index in [0.717, 1.165) is 16.8 Å². The molecule has 0 aliphatic rings. The molecular formula is C6H12BrClN2S. The molecule has 0 aromatic heterocycles. The van der Waals surface area contributed by atoms with Crippen LogP contribution in [0.3, 0.4) is 0 Å². The molecule has 66 valence electrons. The first kappa shape index (κ1) is 13.9. The SMILES string of the molecule is C=C(Br)CSC(N)=NCC.Cl. The lowest BCUT2D eigenvalue weighted by atomic mass is 10.8. The van der Waals surface area contributed by atoms with E-state index >= 15 is 0 Å². The summed E-state index contributed by atoms with van der Waals surface area (Å²) in [6.45, 7) is 6.37. The highest BCUT2D eigenvalue weighted by Crippen LogP contribution is 2.10. The Labute approximate surface area is 86.3 Å². The van der Waals surface area contributed by atoms with Gasteiger partial charge in [0.15, 0.2) is 5.17 Å². The van der Waals surface area contributed by atoms with Crippen molar-refractivity contribution in [2.75, 3.05) is 12.3 Å². The second kappa shape index (κ2) is 8.43. The number of thioether (sulfide) groups is 1. The number of hydrogen-bond acceptors (Lipinski definition) is 2. The predicted molar refractivity (Wildman–Crippen MR) is 59.9 cm³/mol. The second-order valence-corrected chi connectivity index (χ2v) is 3.74. The molecule has 2 nitrogen and oxygen atoms in total. The quantitative estimate of drug-likeness (QED) is 0.624. The van der Waals surface area contributed by atoms with E-state index in [2.05, 4.69) is 27.5 Å². The number of nitrogens with zero attached hydrogens (tertiary/aromatic N) is 1. The molecule has 0 aliphatic carbocycles. The molecule has 5 heteroatoms. The molecule has 2 N–H and O–H groups in total. The van der Waals surface area contributed by atoms with Gasteiger partial charge in [0.1, 0.15) is 0 Å². The number of nitrogens with two attached hydrogens (primary N) is 1. The van der Waals surface area contributed by atoms with Gasteiger partial charge < -0.3 is 5.73 Å². The first-order chi connectivity index (χ1) is 4.66. The molecule has 11 heavy (non-hydrogen) atoms. The largest absolute Gasteiger partial charge is 0.379 e. The lowest BCUT2D eigenvalue weighted by Crippen LogP contribution is -2.07. The van der Waals surface area contributed by atoms with Gasteiger partial charge in [0.05, 0.1) is 0 Å². The average Bonchev–Trinajstić information content (AvgIpc) is 1.85. The average molecular weight is 260 g/mol. The summed E-state index contributed by atoms with van der Waals surface area (Å²) in [5.41, 5.74) is 5.48. The summed E-state index contributed by atoms with van der Waals surface area (Å²) in [5, 5.41) is 0.628. The standard InChI is InChI=1S/C6H11BrN2S.ClH/c1-3-9-6(8)10-4-5(2)7;/h2-4H2,1H3,(H2,8,9);1H. The zero-order valence-electron chi connectivity index (χ0n) is 6.34. The van der Waals surface area contributed by atoms with Crippen LogP contribution < -0.4 is 5.73 Å². The fourth-order valence-corrected chi connectivity index (χ4v) is 1.22. The molecule has 0 spiro atoms. The van der Waals surface area contributed by atoms with Crippen molar-refractivity contribution in [3.05, 3.63) is 11.1 Å². The van der Waals surface area contributed by atoms with Crippen LogP contribution >= 0.6 is 40.1 Å². The van der Waals surface area contributed by atoms with Gasteiger partial charge in [-0.15, -0.1) is 12.4 Å². The maximum absolute atomic E-state index is 5.48. The molecule has 0 radical (unpaired) electrons. The van der Waals surface area contributed by atoms with Crippen molar-refractivity contribution < 1.29 is 0 Å². The van der Waals surface area contributed by atoms with E-state index in [1.165, 1.54) is 11.8 Å². The van der Waals surface area contributed by atoms with Crippen LogP contribution in [0.1, 0.15) is 6.92 Å². The smallest absolute Gasteiger partial charge is 0.154 e. The summed E-state index contributed by atoms with van der Waals surface area (Å²) in [4.78, 5) is 3.99. The predicted octanol–water partition coefficient (Wildman–Crippen LogP) is 2.38. The molecule has 0 bridgehead atoms. The molecule has 0 aliphatic heterocycles. The van der Waals surface area contributed by atoms with Crippen molar-refractivity contribution in [2.24, 2.45) is 10.7 Å². The minimum absolute atomic E-state index is 0. The summed E-state index contributed by atoms with van der Waals surface area (Å²) in [6.07, 6.45) is 0. The van der Waals surface area contributed by atoms with E-state index in [-0.39, 0.29) is 12.4 Å². The fraction of sp³-hybridized carbons (Fsp3) is 0.500. The van der Waals surface area contributed by atoms with Gasteiger partial charge in [0.25, 0.3) is 0 Å². The molecule has 0 heterocycles. The summed E-state index contributed by atoms with van der Waals surface area (Å²) < 4.78 is 0.937. The highest BCUT2D eigenvalue weighted by atomic mass is 79.9. The Kier molecular flexibility index (Phi) is 10.6. The normalized spacial score (nSPS) is 10.5. The topological polar surface area (TPSA) is 38.4 Å². The number of amidine groups is 1. The second-order valence-electron chi connectivity index (χ2n) is 1.62. The van der Waals surface area contributed by atoms with Crippen LogP contribution in [0.5, 0.6) is 0 Å². The van der Waals surface area contributed by atoms with Gasteiger partial charge in [-0.1, -0.05) is 34.3 Å². The maximum atomic E-state index is 5.48. The Morgan fingerprint density at radius 2 is 2.27 bits per heavy atom. The van der Waals surface area contributed by atoms with Crippen LogP contribution in [0.4, 0.5) is 0 Å². The van der Waals surface area contributed by atoms with Crippen LogP contribution in [0, 0.1) is 0 Å².